The number of H-pyrrole nitrogens is 1. The van der Waals surface area contributed by atoms with Crippen LogP contribution in [-0.4, -0.2) is 16.3 Å². The molecule has 0 saturated carbocycles. The number of nitrogens with zero attached hydrogens (tertiary/aromatic N) is 1. The first-order valence-electron chi connectivity index (χ1n) is 2.32. The van der Waals surface area contributed by atoms with E-state index in [9.17, 15) is 13.2 Å². The van der Waals surface area contributed by atoms with E-state index in [0.717, 1.165) is 12.5 Å². The molecule has 56 valence electrons. The number of halogens is 3. The highest BCUT2D eigenvalue weighted by atomic mass is 19.4. The summed E-state index contributed by atoms with van der Waals surface area (Å²) in [7, 11) is 0. The van der Waals surface area contributed by atoms with E-state index in [1.165, 1.54) is 0 Å². The van der Waals surface area contributed by atoms with Gasteiger partial charge in [-0.3, -0.25) is 0 Å². The van der Waals surface area contributed by atoms with E-state index in [-0.39, 0.29) is 0 Å². The zero-order chi connectivity index (χ0) is 7.61. The van der Waals surface area contributed by atoms with E-state index < -0.39 is 12.2 Å². The number of hydrogen-bond acceptors (Lipinski definition) is 2. The minimum atomic E-state index is -4.65. The average Bonchev–Trinajstić information content (AvgIpc) is 2.12. The maximum absolute atomic E-state index is 11.3. The molecule has 0 unspecified atom stereocenters. The summed E-state index contributed by atoms with van der Waals surface area (Å²) in [6.45, 7) is 0. The second-order valence-electron chi connectivity index (χ2n) is 1.46. The molecular weight excluding hydrogens is 149 g/mol. The number of alkyl halides is 3. The van der Waals surface area contributed by atoms with Crippen LogP contribution in [0.3, 0.4) is 0 Å². The number of hydrogen-bond donors (Lipinski definition) is 1. The van der Waals surface area contributed by atoms with Crippen molar-refractivity contribution >= 4 is 0 Å². The molecule has 1 aromatic rings. The molecular formula is C4H3F3N2O. The Labute approximate surface area is 53.8 Å². The molecule has 0 amide bonds. The van der Waals surface area contributed by atoms with Gasteiger partial charge in [-0.15, -0.1) is 13.2 Å². The molecule has 0 aromatic carbocycles. The molecule has 0 aliphatic heterocycles. The maximum Gasteiger partial charge on any atom is 0.574 e. The summed E-state index contributed by atoms with van der Waals surface area (Å²) in [6, 6.07) is 0. The van der Waals surface area contributed by atoms with Crippen LogP contribution >= 0.6 is 0 Å². The lowest BCUT2D eigenvalue weighted by Crippen LogP contribution is -2.17. The van der Waals surface area contributed by atoms with Crippen LogP contribution in [0, 0.1) is 0 Å². The number of aromatic nitrogens is 2. The van der Waals surface area contributed by atoms with E-state index in [1.54, 1.807) is 0 Å². The van der Waals surface area contributed by atoms with Gasteiger partial charge in [0.25, 0.3) is 0 Å². The third-order valence-corrected chi connectivity index (χ3v) is 0.699. The van der Waals surface area contributed by atoms with Crippen molar-refractivity contribution in [3.8, 4) is 5.88 Å². The van der Waals surface area contributed by atoms with E-state index in [4.69, 9.17) is 0 Å². The third kappa shape index (κ3) is 1.96. The third-order valence-electron chi connectivity index (χ3n) is 0.699. The first kappa shape index (κ1) is 6.91. The summed E-state index contributed by atoms with van der Waals surface area (Å²) < 4.78 is 37.5. The highest BCUT2D eigenvalue weighted by molar-refractivity contribution is 5.01. The normalized spacial score (nSPS) is 11.5. The van der Waals surface area contributed by atoms with Crippen LogP contribution < -0.4 is 4.74 Å². The van der Waals surface area contributed by atoms with Crippen molar-refractivity contribution in [3.63, 3.8) is 0 Å². The van der Waals surface area contributed by atoms with Crippen molar-refractivity contribution in [2.24, 2.45) is 0 Å². The summed E-state index contributed by atoms with van der Waals surface area (Å²) in [5, 5.41) is 0. The van der Waals surface area contributed by atoms with E-state index in [2.05, 4.69) is 14.7 Å². The van der Waals surface area contributed by atoms with Gasteiger partial charge in [0, 0.05) is 0 Å². The molecule has 10 heavy (non-hydrogen) atoms. The fraction of sp³-hybridized carbons (Fsp3) is 0.250. The molecule has 0 aliphatic carbocycles. The largest absolute Gasteiger partial charge is 0.574 e. The number of aromatic amines is 1. The molecule has 0 radical (unpaired) electrons. The van der Waals surface area contributed by atoms with Gasteiger partial charge < -0.3 is 9.72 Å². The van der Waals surface area contributed by atoms with Crippen LogP contribution in [-0.2, 0) is 0 Å². The van der Waals surface area contributed by atoms with Gasteiger partial charge in [0.15, 0.2) is 0 Å². The Kier molecular flexibility index (Phi) is 1.52. The Morgan fingerprint density at radius 2 is 2.20 bits per heavy atom. The zero-order valence-electron chi connectivity index (χ0n) is 4.64. The fourth-order valence-corrected chi connectivity index (χ4v) is 0.424. The van der Waals surface area contributed by atoms with Gasteiger partial charge in [0.1, 0.15) is 0 Å². The Bertz CT molecular complexity index is 193. The smallest absolute Gasteiger partial charge is 0.388 e. The van der Waals surface area contributed by atoms with Crippen molar-refractivity contribution in [2.75, 3.05) is 0 Å². The molecule has 6 heteroatoms. The molecule has 0 saturated heterocycles. The molecule has 1 N–H and O–H groups in total. The van der Waals surface area contributed by atoms with Crippen molar-refractivity contribution in [2.45, 2.75) is 6.36 Å². The summed E-state index contributed by atoms with van der Waals surface area (Å²) in [5.74, 6) is -0.410. The van der Waals surface area contributed by atoms with Crippen molar-refractivity contribution < 1.29 is 17.9 Å². The number of imidazole rings is 1. The summed E-state index contributed by atoms with van der Waals surface area (Å²) >= 11 is 0. The van der Waals surface area contributed by atoms with Crippen LogP contribution in [0.4, 0.5) is 13.2 Å². The van der Waals surface area contributed by atoms with Gasteiger partial charge >= 0.3 is 6.36 Å². The standard InChI is InChI=1S/C4H3F3N2O/c5-4(6,7)10-3-1-8-2-9-3/h1-2H,(H,8,9). The van der Waals surface area contributed by atoms with Crippen LogP contribution in [0.5, 0.6) is 5.88 Å². The number of ether oxygens (including phenoxy) is 1. The van der Waals surface area contributed by atoms with E-state index in [1.807, 2.05) is 0 Å². The van der Waals surface area contributed by atoms with Crippen LogP contribution in [0.2, 0.25) is 0 Å². The lowest BCUT2D eigenvalue weighted by Gasteiger charge is -2.04. The Balaban J connectivity index is 2.57. The number of nitrogens with one attached hydrogen (secondary N) is 1. The minimum absolute atomic E-state index is 0.410. The SMILES string of the molecule is FC(F)(F)Oc1cnc[nH]1. The van der Waals surface area contributed by atoms with Crippen LogP contribution in [0.25, 0.3) is 0 Å². The second-order valence-corrected chi connectivity index (χ2v) is 1.46. The van der Waals surface area contributed by atoms with Crippen molar-refractivity contribution in [1.29, 1.82) is 0 Å². The topological polar surface area (TPSA) is 37.9 Å². The Morgan fingerprint density at radius 3 is 2.60 bits per heavy atom. The first-order valence-corrected chi connectivity index (χ1v) is 2.32. The van der Waals surface area contributed by atoms with E-state index >= 15 is 0 Å². The first-order chi connectivity index (χ1) is 4.58. The molecule has 0 bridgehead atoms. The quantitative estimate of drug-likeness (QED) is 0.658. The lowest BCUT2D eigenvalue weighted by molar-refractivity contribution is -0.276. The van der Waals surface area contributed by atoms with Gasteiger partial charge in [-0.25, -0.2) is 4.98 Å². The Hall–Kier alpha value is -1.20. The van der Waals surface area contributed by atoms with Crippen LogP contribution in [0.15, 0.2) is 12.5 Å². The lowest BCUT2D eigenvalue weighted by atomic mass is 10.8. The molecule has 0 fully saturated rings. The molecule has 3 nitrogen and oxygen atoms in total. The van der Waals surface area contributed by atoms with Gasteiger partial charge in [0.05, 0.1) is 12.5 Å². The van der Waals surface area contributed by atoms with Crippen molar-refractivity contribution in [1.82, 2.24) is 9.97 Å². The highest BCUT2D eigenvalue weighted by Gasteiger charge is 2.31. The highest BCUT2D eigenvalue weighted by Crippen LogP contribution is 2.19. The molecule has 0 spiro atoms. The predicted octanol–water partition coefficient (Wildman–Crippen LogP) is 1.31. The van der Waals surface area contributed by atoms with Gasteiger partial charge in [-0.05, 0) is 0 Å². The average molecular weight is 152 g/mol. The van der Waals surface area contributed by atoms with Crippen LogP contribution in [0.1, 0.15) is 0 Å². The predicted molar refractivity (Wildman–Crippen MR) is 25.3 cm³/mol. The molecule has 1 heterocycles. The summed E-state index contributed by atoms with van der Waals surface area (Å²) in [5.41, 5.74) is 0. The zero-order valence-corrected chi connectivity index (χ0v) is 4.64. The fourth-order valence-electron chi connectivity index (χ4n) is 0.424. The monoisotopic (exact) mass is 152 g/mol. The summed E-state index contributed by atoms with van der Waals surface area (Å²) in [6.07, 6.45) is -2.61. The second kappa shape index (κ2) is 2.20. The maximum atomic E-state index is 11.3. The molecule has 1 aromatic heterocycles. The van der Waals surface area contributed by atoms with Gasteiger partial charge in [-0.2, -0.15) is 0 Å². The summed E-state index contributed by atoms with van der Waals surface area (Å²) in [4.78, 5) is 5.47. The van der Waals surface area contributed by atoms with E-state index in [0.29, 0.717) is 0 Å². The Morgan fingerprint density at radius 1 is 1.50 bits per heavy atom. The molecule has 0 atom stereocenters. The van der Waals surface area contributed by atoms with Gasteiger partial charge in [0.2, 0.25) is 5.88 Å². The molecule has 0 aliphatic rings. The minimum Gasteiger partial charge on any atom is -0.388 e. The van der Waals surface area contributed by atoms with Gasteiger partial charge in [-0.1, -0.05) is 0 Å². The number of rotatable bonds is 1. The van der Waals surface area contributed by atoms with Crippen molar-refractivity contribution in [3.05, 3.63) is 12.5 Å². The molecule has 1 rings (SSSR count).